The van der Waals surface area contributed by atoms with Gasteiger partial charge in [0, 0.05) is 6.04 Å². The summed E-state index contributed by atoms with van der Waals surface area (Å²) in [6, 6.07) is 5.98. The van der Waals surface area contributed by atoms with E-state index in [9.17, 15) is 0 Å². The molecule has 0 radical (unpaired) electrons. The Morgan fingerprint density at radius 2 is 1.94 bits per heavy atom. The minimum Gasteiger partial charge on any atom is -0.397 e. The van der Waals surface area contributed by atoms with Gasteiger partial charge in [-0.1, -0.05) is 31.5 Å². The first kappa shape index (κ1) is 13.2. The molecule has 0 saturated carbocycles. The van der Waals surface area contributed by atoms with Gasteiger partial charge in [-0.2, -0.15) is 0 Å². The van der Waals surface area contributed by atoms with E-state index in [0.29, 0.717) is 16.8 Å². The Balaban J connectivity index is 2.59. The highest BCUT2D eigenvalue weighted by atomic mass is 35.5. The highest BCUT2D eigenvalue weighted by molar-refractivity contribution is 6.33. The molecule has 0 heterocycles. The average Bonchev–Trinajstić information content (AvgIpc) is 2.21. The zero-order valence-corrected chi connectivity index (χ0v) is 11.0. The van der Waals surface area contributed by atoms with E-state index >= 15 is 0 Å². The van der Waals surface area contributed by atoms with Crippen molar-refractivity contribution in [3.8, 4) is 0 Å². The Morgan fingerprint density at radius 1 is 1.25 bits per heavy atom. The van der Waals surface area contributed by atoms with Crippen LogP contribution in [0.4, 0.5) is 11.4 Å². The molecule has 3 heteroatoms. The van der Waals surface area contributed by atoms with Crippen molar-refractivity contribution in [2.24, 2.45) is 5.92 Å². The standard InChI is InChI=1S/C13H21ClN2/c1-9(2)7-8-10(3)16-13-11(14)5-4-6-12(13)15/h4-6,9-10,16H,7-8,15H2,1-3H3. The number of nitrogens with two attached hydrogens (primary N) is 1. The quantitative estimate of drug-likeness (QED) is 0.759. The Morgan fingerprint density at radius 3 is 2.50 bits per heavy atom. The average molecular weight is 241 g/mol. The molecule has 1 aromatic carbocycles. The van der Waals surface area contributed by atoms with Crippen LogP contribution < -0.4 is 11.1 Å². The number of para-hydroxylation sites is 1. The summed E-state index contributed by atoms with van der Waals surface area (Å²) in [7, 11) is 0. The number of rotatable bonds is 5. The van der Waals surface area contributed by atoms with Crippen LogP contribution in [0.15, 0.2) is 18.2 Å². The van der Waals surface area contributed by atoms with E-state index in [1.165, 1.54) is 6.42 Å². The van der Waals surface area contributed by atoms with Crippen molar-refractivity contribution in [3.05, 3.63) is 23.2 Å². The molecule has 0 fully saturated rings. The van der Waals surface area contributed by atoms with E-state index in [1.807, 2.05) is 18.2 Å². The molecule has 16 heavy (non-hydrogen) atoms. The van der Waals surface area contributed by atoms with Crippen molar-refractivity contribution >= 4 is 23.0 Å². The lowest BCUT2D eigenvalue weighted by Gasteiger charge is -2.18. The Hall–Kier alpha value is -0.890. The molecule has 90 valence electrons. The Kier molecular flexibility index (Phi) is 4.94. The third kappa shape index (κ3) is 3.93. The maximum Gasteiger partial charge on any atom is 0.0765 e. The van der Waals surface area contributed by atoms with Gasteiger partial charge in [0.1, 0.15) is 0 Å². The zero-order valence-electron chi connectivity index (χ0n) is 10.3. The second kappa shape index (κ2) is 6.00. The van der Waals surface area contributed by atoms with Gasteiger partial charge >= 0.3 is 0 Å². The van der Waals surface area contributed by atoms with Gasteiger partial charge in [-0.25, -0.2) is 0 Å². The van der Waals surface area contributed by atoms with Crippen LogP contribution >= 0.6 is 11.6 Å². The van der Waals surface area contributed by atoms with Gasteiger partial charge in [-0.3, -0.25) is 0 Å². The number of nitrogen functional groups attached to an aromatic ring is 1. The van der Waals surface area contributed by atoms with Gasteiger partial charge in [-0.05, 0) is 37.8 Å². The minimum atomic E-state index is 0.393. The second-order valence-electron chi connectivity index (χ2n) is 4.72. The number of anilines is 2. The summed E-state index contributed by atoms with van der Waals surface area (Å²) in [6.45, 7) is 6.62. The molecule has 2 nitrogen and oxygen atoms in total. The summed E-state index contributed by atoms with van der Waals surface area (Å²) < 4.78 is 0. The van der Waals surface area contributed by atoms with E-state index in [1.54, 1.807) is 0 Å². The smallest absolute Gasteiger partial charge is 0.0765 e. The summed E-state index contributed by atoms with van der Waals surface area (Å²) >= 11 is 6.09. The predicted octanol–water partition coefficient (Wildman–Crippen LogP) is 4.16. The van der Waals surface area contributed by atoms with Crippen LogP contribution in [0.2, 0.25) is 5.02 Å². The van der Waals surface area contributed by atoms with E-state index in [-0.39, 0.29) is 0 Å². The molecule has 0 aliphatic heterocycles. The number of hydrogen-bond acceptors (Lipinski definition) is 2. The molecular weight excluding hydrogens is 220 g/mol. The molecule has 0 aliphatic rings. The molecule has 1 aromatic rings. The minimum absolute atomic E-state index is 0.393. The van der Waals surface area contributed by atoms with Crippen molar-refractivity contribution in [1.82, 2.24) is 0 Å². The van der Waals surface area contributed by atoms with Gasteiger partial charge in [0.25, 0.3) is 0 Å². The highest BCUT2D eigenvalue weighted by Gasteiger charge is 2.08. The van der Waals surface area contributed by atoms with Crippen molar-refractivity contribution in [2.75, 3.05) is 11.1 Å². The van der Waals surface area contributed by atoms with E-state index in [0.717, 1.165) is 18.0 Å². The predicted molar refractivity (Wildman–Crippen MR) is 73.0 cm³/mol. The van der Waals surface area contributed by atoms with Crippen molar-refractivity contribution in [2.45, 2.75) is 39.7 Å². The van der Waals surface area contributed by atoms with Gasteiger partial charge in [0.05, 0.1) is 16.4 Å². The van der Waals surface area contributed by atoms with Crippen LogP contribution in [0.25, 0.3) is 0 Å². The highest BCUT2D eigenvalue weighted by Crippen LogP contribution is 2.29. The van der Waals surface area contributed by atoms with E-state index in [2.05, 4.69) is 26.1 Å². The fourth-order valence-electron chi connectivity index (χ4n) is 1.59. The van der Waals surface area contributed by atoms with Crippen LogP contribution in [0.3, 0.4) is 0 Å². The van der Waals surface area contributed by atoms with Crippen LogP contribution in [0.5, 0.6) is 0 Å². The molecular formula is C13H21ClN2. The summed E-state index contributed by atoms with van der Waals surface area (Å²) in [5.41, 5.74) is 7.45. The first-order chi connectivity index (χ1) is 7.50. The molecule has 0 saturated heterocycles. The van der Waals surface area contributed by atoms with E-state index in [4.69, 9.17) is 17.3 Å². The summed E-state index contributed by atoms with van der Waals surface area (Å²) in [5, 5.41) is 4.07. The van der Waals surface area contributed by atoms with Crippen LogP contribution in [-0.4, -0.2) is 6.04 Å². The molecule has 0 spiro atoms. The Bertz CT molecular complexity index is 316. The molecule has 1 unspecified atom stereocenters. The fourth-order valence-corrected chi connectivity index (χ4v) is 1.83. The molecule has 0 aliphatic carbocycles. The van der Waals surface area contributed by atoms with Crippen LogP contribution in [0.1, 0.15) is 33.6 Å². The number of nitrogens with one attached hydrogen (secondary N) is 1. The molecule has 0 amide bonds. The summed E-state index contributed by atoms with van der Waals surface area (Å²) in [5.74, 6) is 0.729. The van der Waals surface area contributed by atoms with Crippen molar-refractivity contribution < 1.29 is 0 Å². The normalized spacial score (nSPS) is 12.8. The lowest BCUT2D eigenvalue weighted by molar-refractivity contribution is 0.528. The van der Waals surface area contributed by atoms with Crippen LogP contribution in [0, 0.1) is 5.92 Å². The SMILES string of the molecule is CC(C)CCC(C)Nc1c(N)cccc1Cl. The molecule has 3 N–H and O–H groups in total. The van der Waals surface area contributed by atoms with Crippen LogP contribution in [-0.2, 0) is 0 Å². The third-order valence-electron chi connectivity index (χ3n) is 2.61. The largest absolute Gasteiger partial charge is 0.397 e. The lowest BCUT2D eigenvalue weighted by atomic mass is 10.0. The van der Waals surface area contributed by atoms with Crippen molar-refractivity contribution in [1.29, 1.82) is 0 Å². The van der Waals surface area contributed by atoms with Gasteiger partial charge in [0.2, 0.25) is 0 Å². The second-order valence-corrected chi connectivity index (χ2v) is 5.13. The topological polar surface area (TPSA) is 38.0 Å². The van der Waals surface area contributed by atoms with Gasteiger partial charge in [0.15, 0.2) is 0 Å². The first-order valence-corrected chi connectivity index (χ1v) is 6.19. The molecule has 1 rings (SSSR count). The van der Waals surface area contributed by atoms with Crippen molar-refractivity contribution in [3.63, 3.8) is 0 Å². The number of hydrogen-bond donors (Lipinski definition) is 2. The number of benzene rings is 1. The van der Waals surface area contributed by atoms with Gasteiger partial charge in [-0.15, -0.1) is 0 Å². The number of halogens is 1. The molecule has 1 atom stereocenters. The molecule has 0 bridgehead atoms. The Labute approximate surface area is 103 Å². The maximum atomic E-state index is 6.09. The zero-order chi connectivity index (χ0) is 12.1. The summed E-state index contributed by atoms with van der Waals surface area (Å²) in [6.07, 6.45) is 2.33. The van der Waals surface area contributed by atoms with Gasteiger partial charge < -0.3 is 11.1 Å². The maximum absolute atomic E-state index is 6.09. The van der Waals surface area contributed by atoms with E-state index < -0.39 is 0 Å². The third-order valence-corrected chi connectivity index (χ3v) is 2.93. The first-order valence-electron chi connectivity index (χ1n) is 5.81. The lowest BCUT2D eigenvalue weighted by Crippen LogP contribution is -2.17. The fraction of sp³-hybridized carbons (Fsp3) is 0.538. The molecule has 0 aromatic heterocycles. The summed E-state index contributed by atoms with van der Waals surface area (Å²) in [4.78, 5) is 0. The monoisotopic (exact) mass is 240 g/mol.